The number of benzene rings is 1. The normalized spacial score (nSPS) is 13.7. The monoisotopic (exact) mass is 339 g/mol. The molecule has 0 atom stereocenters. The Morgan fingerprint density at radius 2 is 1.96 bits per heavy atom. The van der Waals surface area contributed by atoms with Crippen LogP contribution in [0.3, 0.4) is 0 Å². The van der Waals surface area contributed by atoms with E-state index in [2.05, 4.69) is 28.6 Å². The van der Waals surface area contributed by atoms with E-state index in [0.29, 0.717) is 0 Å². The second-order valence-corrected chi connectivity index (χ2v) is 7.57. The number of thiazole rings is 1. The minimum absolute atomic E-state index is 0.115. The van der Waals surface area contributed by atoms with Crippen molar-refractivity contribution in [1.29, 1.82) is 5.41 Å². The minimum Gasteiger partial charge on any atom is -0.383 e. The molecule has 0 unspecified atom stereocenters. The molecule has 0 amide bonds. The predicted octanol–water partition coefficient (Wildman–Crippen LogP) is 4.70. The lowest BCUT2D eigenvalue weighted by Crippen LogP contribution is -2.10. The standard InChI is InChI=1S/C18H17N3S2/c19-17(20)16-15(18-21-7-8-22-18)14(10-23-16)13-6-5-11-3-1-2-4-12(11)9-13/h5-10H,1-4H2,(H3,19,20). The van der Waals surface area contributed by atoms with Crippen molar-refractivity contribution in [3.05, 3.63) is 51.2 Å². The summed E-state index contributed by atoms with van der Waals surface area (Å²) in [5, 5.41) is 12.9. The lowest BCUT2D eigenvalue weighted by molar-refractivity contribution is 0.686. The predicted molar refractivity (Wildman–Crippen MR) is 98.5 cm³/mol. The van der Waals surface area contributed by atoms with E-state index in [-0.39, 0.29) is 5.84 Å². The molecule has 23 heavy (non-hydrogen) atoms. The number of hydrogen-bond acceptors (Lipinski definition) is 4. The molecule has 1 aliphatic carbocycles. The molecule has 5 heteroatoms. The van der Waals surface area contributed by atoms with Crippen molar-refractivity contribution >= 4 is 28.5 Å². The van der Waals surface area contributed by atoms with Gasteiger partial charge in [-0.1, -0.05) is 18.2 Å². The van der Waals surface area contributed by atoms with Crippen molar-refractivity contribution in [3.8, 4) is 21.7 Å². The number of nitrogens with two attached hydrogens (primary N) is 1. The zero-order valence-corrected chi connectivity index (χ0v) is 14.3. The third-order valence-electron chi connectivity index (χ3n) is 4.34. The van der Waals surface area contributed by atoms with Crippen LogP contribution in [-0.2, 0) is 12.8 Å². The van der Waals surface area contributed by atoms with Crippen LogP contribution in [0.2, 0.25) is 0 Å². The topological polar surface area (TPSA) is 62.8 Å². The molecular formula is C18H17N3S2. The maximum absolute atomic E-state index is 7.87. The van der Waals surface area contributed by atoms with E-state index in [0.717, 1.165) is 21.0 Å². The quantitative estimate of drug-likeness (QED) is 0.536. The van der Waals surface area contributed by atoms with E-state index >= 15 is 0 Å². The van der Waals surface area contributed by atoms with Gasteiger partial charge in [0.25, 0.3) is 0 Å². The lowest BCUT2D eigenvalue weighted by atomic mass is 9.89. The second-order valence-electron chi connectivity index (χ2n) is 5.80. The van der Waals surface area contributed by atoms with E-state index in [1.54, 1.807) is 17.5 Å². The Morgan fingerprint density at radius 3 is 2.70 bits per heavy atom. The Balaban J connectivity index is 1.88. The van der Waals surface area contributed by atoms with Gasteiger partial charge < -0.3 is 5.73 Å². The van der Waals surface area contributed by atoms with Gasteiger partial charge in [0.05, 0.1) is 4.88 Å². The van der Waals surface area contributed by atoms with E-state index < -0.39 is 0 Å². The number of amidine groups is 1. The smallest absolute Gasteiger partial charge is 0.133 e. The van der Waals surface area contributed by atoms with Crippen molar-refractivity contribution in [1.82, 2.24) is 4.98 Å². The number of nitrogens with one attached hydrogen (secondary N) is 1. The Bertz CT molecular complexity index is 863. The Kier molecular flexibility index (Phi) is 3.75. The molecule has 2 heterocycles. The van der Waals surface area contributed by atoms with Crippen molar-refractivity contribution in [3.63, 3.8) is 0 Å². The van der Waals surface area contributed by atoms with Gasteiger partial charge in [0.15, 0.2) is 0 Å². The van der Waals surface area contributed by atoms with Gasteiger partial charge in [0, 0.05) is 28.1 Å². The van der Waals surface area contributed by atoms with Crippen LogP contribution in [0.25, 0.3) is 21.7 Å². The van der Waals surface area contributed by atoms with E-state index in [4.69, 9.17) is 11.1 Å². The number of thiophene rings is 1. The number of fused-ring (bicyclic) bond motifs is 1. The van der Waals surface area contributed by atoms with Gasteiger partial charge >= 0.3 is 0 Å². The summed E-state index contributed by atoms with van der Waals surface area (Å²) in [4.78, 5) is 5.26. The van der Waals surface area contributed by atoms with Crippen LogP contribution in [0, 0.1) is 5.41 Å². The molecule has 1 aliphatic rings. The average molecular weight is 339 g/mol. The molecule has 3 aromatic rings. The van der Waals surface area contributed by atoms with Gasteiger partial charge in [0.1, 0.15) is 10.8 Å². The Hall–Kier alpha value is -1.98. The highest BCUT2D eigenvalue weighted by Crippen LogP contribution is 2.41. The molecule has 0 bridgehead atoms. The summed E-state index contributed by atoms with van der Waals surface area (Å²) in [5.74, 6) is 0.115. The van der Waals surface area contributed by atoms with Gasteiger partial charge in [-0.05, 0) is 42.4 Å². The molecule has 1 aromatic carbocycles. The molecule has 0 fully saturated rings. The summed E-state index contributed by atoms with van der Waals surface area (Å²) in [6, 6.07) is 6.78. The summed E-state index contributed by atoms with van der Waals surface area (Å²) in [6.45, 7) is 0. The number of nitrogens with zero attached hydrogens (tertiary/aromatic N) is 1. The number of aryl methyl sites for hydroxylation is 2. The molecule has 0 aliphatic heterocycles. The minimum atomic E-state index is 0.115. The molecule has 3 N–H and O–H groups in total. The first-order chi connectivity index (χ1) is 11.2. The van der Waals surface area contributed by atoms with E-state index in [9.17, 15) is 0 Å². The summed E-state index contributed by atoms with van der Waals surface area (Å²) >= 11 is 3.13. The zero-order valence-electron chi connectivity index (χ0n) is 12.6. The summed E-state index contributed by atoms with van der Waals surface area (Å²) < 4.78 is 0. The van der Waals surface area contributed by atoms with Crippen LogP contribution in [-0.4, -0.2) is 10.8 Å². The molecule has 116 valence electrons. The summed E-state index contributed by atoms with van der Waals surface area (Å²) in [6.07, 6.45) is 6.73. The number of rotatable bonds is 3. The van der Waals surface area contributed by atoms with Crippen molar-refractivity contribution in [2.45, 2.75) is 25.7 Å². The third-order valence-corrected chi connectivity index (χ3v) is 6.15. The van der Waals surface area contributed by atoms with Gasteiger partial charge in [0.2, 0.25) is 0 Å². The molecule has 0 saturated carbocycles. The van der Waals surface area contributed by atoms with E-state index in [1.165, 1.54) is 53.7 Å². The fourth-order valence-corrected chi connectivity index (χ4v) is 4.94. The van der Waals surface area contributed by atoms with Crippen LogP contribution in [0.1, 0.15) is 28.8 Å². The fraction of sp³-hybridized carbons (Fsp3) is 0.222. The molecule has 2 aromatic heterocycles. The van der Waals surface area contributed by atoms with Crippen LogP contribution in [0.15, 0.2) is 35.2 Å². The van der Waals surface area contributed by atoms with Crippen LogP contribution in [0.4, 0.5) is 0 Å². The average Bonchev–Trinajstić information content (AvgIpc) is 3.23. The highest BCUT2D eigenvalue weighted by molar-refractivity contribution is 7.15. The molecule has 0 spiro atoms. The highest BCUT2D eigenvalue weighted by Gasteiger charge is 2.20. The second kappa shape index (κ2) is 5.91. The Morgan fingerprint density at radius 1 is 1.13 bits per heavy atom. The lowest BCUT2D eigenvalue weighted by Gasteiger charge is -2.16. The SMILES string of the molecule is N=C(N)c1scc(-c2ccc3c(c2)CCCC3)c1-c1nccs1. The van der Waals surface area contributed by atoms with Crippen LogP contribution in [0.5, 0.6) is 0 Å². The van der Waals surface area contributed by atoms with Gasteiger partial charge in [-0.15, -0.1) is 22.7 Å². The van der Waals surface area contributed by atoms with Crippen LogP contribution >= 0.6 is 22.7 Å². The third kappa shape index (κ3) is 2.60. The van der Waals surface area contributed by atoms with Crippen molar-refractivity contribution in [2.75, 3.05) is 0 Å². The molecule has 3 nitrogen and oxygen atoms in total. The maximum Gasteiger partial charge on any atom is 0.133 e. The number of hydrogen-bond donors (Lipinski definition) is 2. The molecule has 0 radical (unpaired) electrons. The van der Waals surface area contributed by atoms with Gasteiger partial charge in [-0.25, -0.2) is 4.98 Å². The first-order valence-corrected chi connectivity index (χ1v) is 9.48. The van der Waals surface area contributed by atoms with Crippen molar-refractivity contribution in [2.24, 2.45) is 5.73 Å². The largest absolute Gasteiger partial charge is 0.383 e. The highest BCUT2D eigenvalue weighted by atomic mass is 32.1. The van der Waals surface area contributed by atoms with Gasteiger partial charge in [-0.2, -0.15) is 0 Å². The molecular weight excluding hydrogens is 322 g/mol. The Labute approximate surface area is 143 Å². The maximum atomic E-state index is 7.87. The first kappa shape index (κ1) is 14.6. The molecule has 0 saturated heterocycles. The number of aromatic nitrogens is 1. The van der Waals surface area contributed by atoms with Gasteiger partial charge in [-0.3, -0.25) is 5.41 Å². The first-order valence-electron chi connectivity index (χ1n) is 7.72. The number of nitrogen functional groups attached to an aromatic ring is 1. The van der Waals surface area contributed by atoms with Crippen molar-refractivity contribution < 1.29 is 0 Å². The van der Waals surface area contributed by atoms with Crippen LogP contribution < -0.4 is 5.73 Å². The summed E-state index contributed by atoms with van der Waals surface area (Å²) in [5.41, 5.74) is 12.1. The zero-order chi connectivity index (χ0) is 15.8. The molecule has 4 rings (SSSR count). The van der Waals surface area contributed by atoms with E-state index in [1.807, 2.05) is 5.38 Å². The summed E-state index contributed by atoms with van der Waals surface area (Å²) in [7, 11) is 0. The fourth-order valence-electron chi connectivity index (χ4n) is 3.23.